The molecule has 2 N–H and O–H groups in total. The lowest BCUT2D eigenvalue weighted by molar-refractivity contribution is 0.0696. The number of carbonyl (C=O) groups excluding carboxylic acids is 1. The molecule has 0 spiro atoms. The van der Waals surface area contributed by atoms with Crippen LogP contribution in [0.4, 0.5) is 5.69 Å². The molecule has 8 nitrogen and oxygen atoms in total. The van der Waals surface area contributed by atoms with Gasteiger partial charge in [-0.25, -0.2) is 4.79 Å². The Morgan fingerprint density at radius 1 is 0.922 bits per heavy atom. The summed E-state index contributed by atoms with van der Waals surface area (Å²) in [5, 5.41) is 23.1. The van der Waals surface area contributed by atoms with E-state index in [4.69, 9.17) is 27.9 Å². The summed E-state index contributed by atoms with van der Waals surface area (Å²) < 4.78 is 10.3. The summed E-state index contributed by atoms with van der Waals surface area (Å²) in [4.78, 5) is 28.7. The van der Waals surface area contributed by atoms with Crippen molar-refractivity contribution in [3.8, 4) is 22.6 Å². The van der Waals surface area contributed by atoms with Crippen LogP contribution in [0.3, 0.4) is 0 Å². The summed E-state index contributed by atoms with van der Waals surface area (Å²) in [5.41, 5.74) is 9.41. The summed E-state index contributed by atoms with van der Waals surface area (Å²) in [6.07, 6.45) is 3.10. The molecule has 1 amide bonds. The van der Waals surface area contributed by atoms with Crippen LogP contribution in [0.15, 0.2) is 60.8 Å². The number of hydrogen-bond acceptors (Lipinski definition) is 4. The normalized spacial score (nSPS) is 14.5. The quantitative estimate of drug-likeness (QED) is 0.152. The zero-order valence-electron chi connectivity index (χ0n) is 29.4. The molecule has 262 valence electrons. The molecule has 0 saturated carbocycles. The Bertz CT molecular complexity index is 2380. The fourth-order valence-electron chi connectivity index (χ4n) is 7.86. The average Bonchev–Trinajstić information content (AvgIpc) is 3.58. The lowest BCUT2D eigenvalue weighted by atomic mass is 9.93. The van der Waals surface area contributed by atoms with Gasteiger partial charge in [0.05, 0.1) is 28.4 Å². The zero-order chi connectivity index (χ0) is 36.5. The molecule has 3 heterocycles. The summed E-state index contributed by atoms with van der Waals surface area (Å²) in [5.74, 6) is -0.263. The van der Waals surface area contributed by atoms with E-state index in [2.05, 4.69) is 11.5 Å². The molecule has 0 radical (unpaired) electrons. The highest BCUT2D eigenvalue weighted by molar-refractivity contribution is 6.35. The molecular formula is C41H39Cl2N3O5. The van der Waals surface area contributed by atoms with Crippen LogP contribution in [0.1, 0.15) is 68.1 Å². The highest BCUT2D eigenvalue weighted by atomic mass is 35.5. The van der Waals surface area contributed by atoms with Crippen LogP contribution in [-0.4, -0.2) is 44.4 Å². The predicted octanol–water partition coefficient (Wildman–Crippen LogP) is 9.98. The first-order valence-electron chi connectivity index (χ1n) is 17.0. The van der Waals surface area contributed by atoms with Gasteiger partial charge in [0, 0.05) is 52.7 Å². The predicted molar refractivity (Wildman–Crippen MR) is 205 cm³/mol. The Labute approximate surface area is 306 Å². The lowest BCUT2D eigenvalue weighted by Gasteiger charge is -2.34. The molecular weight excluding hydrogens is 685 g/mol. The Hall–Kier alpha value is -4.92. The standard InChI is InChI=1S/C41H39Cl2N3O5/c1-21-14-27(47)15-22(2)35(21)36-32(42)11-10-30-29(8-7-13-51-28-16-23(3)37(43)24(4)17-28)39-40(48)45(19-25(5)46(39)38(30)36)34-20-44(6)33-12-9-26(41(49)50)18-31(33)34/h9-12,14-18,20,25,47H,7-8,13,19H2,1-6H3,(H,49,50)/t25-/m1/s1. The first-order chi connectivity index (χ1) is 24.3. The Morgan fingerprint density at radius 2 is 1.61 bits per heavy atom. The second-order valence-corrected chi connectivity index (χ2v) is 14.5. The van der Waals surface area contributed by atoms with Crippen molar-refractivity contribution < 1.29 is 24.5 Å². The molecule has 6 aromatic rings. The zero-order valence-corrected chi connectivity index (χ0v) is 30.9. The number of aromatic nitrogens is 2. The summed E-state index contributed by atoms with van der Waals surface area (Å²) in [7, 11) is 1.90. The molecule has 1 aliphatic rings. The molecule has 0 unspecified atom stereocenters. The van der Waals surface area contributed by atoms with Gasteiger partial charge in [0.15, 0.2) is 0 Å². The topological polar surface area (TPSA) is 96.9 Å². The van der Waals surface area contributed by atoms with Gasteiger partial charge in [0.25, 0.3) is 5.91 Å². The first kappa shape index (κ1) is 34.5. The highest BCUT2D eigenvalue weighted by Gasteiger charge is 2.37. The van der Waals surface area contributed by atoms with Crippen LogP contribution < -0.4 is 9.64 Å². The van der Waals surface area contributed by atoms with Crippen molar-refractivity contribution in [2.75, 3.05) is 18.1 Å². The van der Waals surface area contributed by atoms with E-state index in [9.17, 15) is 19.8 Å². The number of phenolic OH excluding ortho intramolecular Hbond substituents is 1. The van der Waals surface area contributed by atoms with Crippen LogP contribution in [0.5, 0.6) is 11.5 Å². The fourth-order valence-corrected chi connectivity index (χ4v) is 8.21. The van der Waals surface area contributed by atoms with Crippen LogP contribution in [0, 0.1) is 27.7 Å². The second kappa shape index (κ2) is 13.0. The number of phenols is 1. The molecule has 0 fully saturated rings. The molecule has 0 saturated heterocycles. The molecule has 51 heavy (non-hydrogen) atoms. The molecule has 0 aliphatic carbocycles. The molecule has 10 heteroatoms. The third kappa shape index (κ3) is 5.80. The molecule has 4 aromatic carbocycles. The number of ether oxygens (including phenoxy) is 1. The van der Waals surface area contributed by atoms with Crippen LogP contribution in [-0.2, 0) is 13.5 Å². The highest BCUT2D eigenvalue weighted by Crippen LogP contribution is 2.46. The number of nitrogens with zero attached hydrogens (tertiary/aromatic N) is 3. The number of carbonyl (C=O) groups is 2. The third-order valence-corrected chi connectivity index (χ3v) is 11.0. The van der Waals surface area contributed by atoms with E-state index in [1.54, 1.807) is 35.2 Å². The van der Waals surface area contributed by atoms with Crippen LogP contribution in [0.2, 0.25) is 10.0 Å². The van der Waals surface area contributed by atoms with Gasteiger partial charge in [-0.2, -0.15) is 0 Å². The maximum Gasteiger partial charge on any atom is 0.335 e. The number of aryl methyl sites for hydroxylation is 6. The van der Waals surface area contributed by atoms with Crippen LogP contribution >= 0.6 is 23.2 Å². The largest absolute Gasteiger partial charge is 0.508 e. The van der Waals surface area contributed by atoms with Gasteiger partial charge in [0.1, 0.15) is 17.2 Å². The van der Waals surface area contributed by atoms with Gasteiger partial charge >= 0.3 is 5.97 Å². The number of aromatic carboxylic acids is 1. The molecule has 1 aliphatic heterocycles. The Balaban J connectivity index is 1.39. The number of amides is 1. The minimum Gasteiger partial charge on any atom is -0.508 e. The number of hydrogen-bond donors (Lipinski definition) is 2. The van der Waals surface area contributed by atoms with E-state index in [1.165, 1.54) is 0 Å². The van der Waals surface area contributed by atoms with Crippen molar-refractivity contribution in [3.05, 3.63) is 110 Å². The van der Waals surface area contributed by atoms with Gasteiger partial charge in [0.2, 0.25) is 0 Å². The number of aromatic hydroxyl groups is 1. The van der Waals surface area contributed by atoms with Gasteiger partial charge in [-0.15, -0.1) is 0 Å². The molecule has 0 bridgehead atoms. The van der Waals surface area contributed by atoms with Crippen molar-refractivity contribution in [1.29, 1.82) is 0 Å². The van der Waals surface area contributed by atoms with E-state index in [0.717, 1.165) is 66.1 Å². The minimum atomic E-state index is -1.03. The summed E-state index contributed by atoms with van der Waals surface area (Å²) in [6.45, 7) is 10.7. The van der Waals surface area contributed by atoms with Crippen molar-refractivity contribution in [2.24, 2.45) is 7.05 Å². The van der Waals surface area contributed by atoms with Gasteiger partial charge in [-0.05, 0) is 129 Å². The molecule has 7 rings (SSSR count). The second-order valence-electron chi connectivity index (χ2n) is 13.7. The van der Waals surface area contributed by atoms with Crippen LogP contribution in [0.25, 0.3) is 32.9 Å². The monoisotopic (exact) mass is 723 g/mol. The smallest absolute Gasteiger partial charge is 0.335 e. The number of halogens is 2. The molecule has 1 atom stereocenters. The number of rotatable bonds is 8. The van der Waals surface area contributed by atoms with E-state index in [-0.39, 0.29) is 23.3 Å². The Morgan fingerprint density at radius 3 is 2.27 bits per heavy atom. The number of benzene rings is 4. The Kier molecular flexibility index (Phi) is 8.80. The number of carboxylic acid groups (broad SMARTS) is 1. The number of carboxylic acids is 1. The lowest BCUT2D eigenvalue weighted by Crippen LogP contribution is -2.42. The summed E-state index contributed by atoms with van der Waals surface area (Å²) in [6, 6.07) is 16.1. The van der Waals surface area contributed by atoms with Gasteiger partial charge in [-0.3, -0.25) is 4.79 Å². The van der Waals surface area contributed by atoms with Gasteiger partial charge < -0.3 is 29.0 Å². The average molecular weight is 725 g/mol. The molecule has 2 aromatic heterocycles. The van der Waals surface area contributed by atoms with E-state index < -0.39 is 5.97 Å². The van der Waals surface area contributed by atoms with E-state index >= 15 is 0 Å². The first-order valence-corrected chi connectivity index (χ1v) is 17.7. The summed E-state index contributed by atoms with van der Waals surface area (Å²) >= 11 is 13.5. The van der Waals surface area contributed by atoms with Crippen molar-refractivity contribution >= 4 is 62.6 Å². The van der Waals surface area contributed by atoms with E-state index in [0.29, 0.717) is 47.8 Å². The maximum atomic E-state index is 15.0. The minimum absolute atomic E-state index is 0.159. The number of anilines is 1. The van der Waals surface area contributed by atoms with Gasteiger partial charge in [-0.1, -0.05) is 29.3 Å². The SMILES string of the molecule is Cc1cc(OCCCc2c3n(c4c(-c5c(C)cc(O)cc5C)c(Cl)ccc24)[C@H](C)CN(c2cn(C)c4ccc(C(=O)O)cc24)C3=O)cc(C)c1Cl. The third-order valence-electron chi connectivity index (χ3n) is 10.1. The fraction of sp³-hybridized carbons (Fsp3) is 0.268. The van der Waals surface area contributed by atoms with Crippen molar-refractivity contribution in [1.82, 2.24) is 9.13 Å². The maximum absolute atomic E-state index is 15.0. The number of fused-ring (bicyclic) bond motifs is 4. The van der Waals surface area contributed by atoms with Crippen molar-refractivity contribution in [3.63, 3.8) is 0 Å². The van der Waals surface area contributed by atoms with E-state index in [1.807, 2.05) is 69.8 Å². The van der Waals surface area contributed by atoms with Crippen molar-refractivity contribution in [2.45, 2.75) is 53.5 Å².